The average Bonchev–Trinajstić information content (AvgIpc) is 2.18. The summed E-state index contributed by atoms with van der Waals surface area (Å²) in [6.45, 7) is 8.44. The van der Waals surface area contributed by atoms with Crippen LogP contribution in [0.2, 0.25) is 0 Å². The quantitative estimate of drug-likeness (QED) is 0.749. The van der Waals surface area contributed by atoms with Crippen LogP contribution in [-0.4, -0.2) is 49.2 Å². The van der Waals surface area contributed by atoms with E-state index in [9.17, 15) is 4.79 Å². The molecule has 1 fully saturated rings. The lowest BCUT2D eigenvalue weighted by atomic mass is 9.97. The van der Waals surface area contributed by atoms with E-state index < -0.39 is 0 Å². The molecule has 0 aliphatic carbocycles. The Labute approximate surface area is 92.0 Å². The van der Waals surface area contributed by atoms with Crippen LogP contribution in [0.3, 0.4) is 0 Å². The molecule has 1 unspecified atom stereocenters. The molecule has 0 bridgehead atoms. The van der Waals surface area contributed by atoms with Crippen molar-refractivity contribution in [3.05, 3.63) is 0 Å². The Morgan fingerprint density at radius 3 is 2.87 bits per heavy atom. The van der Waals surface area contributed by atoms with Crippen molar-refractivity contribution < 1.29 is 9.53 Å². The van der Waals surface area contributed by atoms with Gasteiger partial charge in [-0.05, 0) is 20.8 Å². The van der Waals surface area contributed by atoms with Gasteiger partial charge < -0.3 is 15.0 Å². The van der Waals surface area contributed by atoms with E-state index in [1.807, 2.05) is 4.90 Å². The van der Waals surface area contributed by atoms with Crippen LogP contribution in [0.4, 0.5) is 0 Å². The number of piperazine rings is 1. The average molecular weight is 214 g/mol. The zero-order chi connectivity index (χ0) is 11.5. The van der Waals surface area contributed by atoms with Crippen molar-refractivity contribution >= 4 is 5.91 Å². The van der Waals surface area contributed by atoms with E-state index >= 15 is 0 Å². The number of carbonyl (C=O) groups excluding carboxylic acids is 1. The second kappa shape index (κ2) is 4.94. The number of amides is 1. The lowest BCUT2D eigenvalue weighted by Gasteiger charge is -2.45. The minimum Gasteiger partial charge on any atom is -0.384 e. The molecular formula is C11H22N2O2. The molecule has 4 heteroatoms. The fourth-order valence-electron chi connectivity index (χ4n) is 1.87. The molecule has 4 nitrogen and oxygen atoms in total. The summed E-state index contributed by atoms with van der Waals surface area (Å²) in [5.41, 5.74) is -0.0860. The largest absolute Gasteiger partial charge is 0.384 e. The molecule has 1 heterocycles. The van der Waals surface area contributed by atoms with E-state index in [4.69, 9.17) is 4.74 Å². The summed E-state index contributed by atoms with van der Waals surface area (Å²) in [7, 11) is 1.62. The Bertz CT molecular complexity index is 229. The highest BCUT2D eigenvalue weighted by molar-refractivity contribution is 5.77. The Hall–Kier alpha value is -0.610. The van der Waals surface area contributed by atoms with Crippen LogP contribution in [0.1, 0.15) is 27.2 Å². The predicted octanol–water partition coefficient (Wildman–Crippen LogP) is 0.622. The topological polar surface area (TPSA) is 41.6 Å². The van der Waals surface area contributed by atoms with Crippen molar-refractivity contribution in [2.24, 2.45) is 0 Å². The van der Waals surface area contributed by atoms with Gasteiger partial charge in [0.15, 0.2) is 0 Å². The zero-order valence-electron chi connectivity index (χ0n) is 10.2. The summed E-state index contributed by atoms with van der Waals surface area (Å²) in [5, 5.41) is 3.39. The fourth-order valence-corrected chi connectivity index (χ4v) is 1.87. The van der Waals surface area contributed by atoms with Crippen LogP contribution >= 0.6 is 0 Å². The molecule has 1 aliphatic heterocycles. The van der Waals surface area contributed by atoms with Gasteiger partial charge in [0.1, 0.15) is 0 Å². The number of hydrogen-bond acceptors (Lipinski definition) is 3. The van der Waals surface area contributed by atoms with Crippen molar-refractivity contribution in [2.45, 2.75) is 38.8 Å². The van der Waals surface area contributed by atoms with E-state index in [0.29, 0.717) is 19.1 Å². The van der Waals surface area contributed by atoms with E-state index in [-0.39, 0.29) is 11.4 Å². The Morgan fingerprint density at radius 1 is 1.60 bits per heavy atom. The summed E-state index contributed by atoms with van der Waals surface area (Å²) in [6.07, 6.45) is 0.479. The van der Waals surface area contributed by atoms with Gasteiger partial charge >= 0.3 is 0 Å². The zero-order valence-corrected chi connectivity index (χ0v) is 10.2. The molecule has 0 spiro atoms. The van der Waals surface area contributed by atoms with Crippen molar-refractivity contribution in [3.63, 3.8) is 0 Å². The van der Waals surface area contributed by atoms with Crippen molar-refractivity contribution in [2.75, 3.05) is 26.8 Å². The molecule has 0 aromatic rings. The number of nitrogens with zero attached hydrogens (tertiary/aromatic N) is 1. The summed E-state index contributed by atoms with van der Waals surface area (Å²) in [6, 6.07) is 0.379. The molecule has 0 radical (unpaired) electrons. The van der Waals surface area contributed by atoms with Gasteiger partial charge in [0.2, 0.25) is 5.91 Å². The lowest BCUT2D eigenvalue weighted by molar-refractivity contribution is -0.139. The highest BCUT2D eigenvalue weighted by Crippen LogP contribution is 2.19. The first kappa shape index (κ1) is 12.5. The van der Waals surface area contributed by atoms with Crippen LogP contribution < -0.4 is 5.32 Å². The number of rotatable bonds is 3. The maximum absolute atomic E-state index is 11.9. The minimum absolute atomic E-state index is 0.0860. The molecule has 1 saturated heterocycles. The summed E-state index contributed by atoms with van der Waals surface area (Å²) >= 11 is 0. The number of nitrogens with one attached hydrogen (secondary N) is 1. The fraction of sp³-hybridized carbons (Fsp3) is 0.909. The second-order valence-electron chi connectivity index (χ2n) is 4.84. The van der Waals surface area contributed by atoms with Crippen molar-refractivity contribution in [1.82, 2.24) is 10.2 Å². The highest BCUT2D eigenvalue weighted by Gasteiger charge is 2.35. The molecular weight excluding hydrogens is 192 g/mol. The van der Waals surface area contributed by atoms with Gasteiger partial charge in [0, 0.05) is 31.8 Å². The normalized spacial score (nSPS) is 25.3. The molecule has 1 N–H and O–H groups in total. The highest BCUT2D eigenvalue weighted by atomic mass is 16.5. The molecule has 0 aromatic heterocycles. The van der Waals surface area contributed by atoms with Crippen molar-refractivity contribution in [1.29, 1.82) is 0 Å². The number of ether oxygens (including phenoxy) is 1. The molecule has 1 amide bonds. The lowest BCUT2D eigenvalue weighted by Crippen LogP contribution is -2.62. The van der Waals surface area contributed by atoms with Crippen LogP contribution in [0.15, 0.2) is 0 Å². The molecule has 0 saturated carbocycles. The Morgan fingerprint density at radius 2 is 2.27 bits per heavy atom. The molecule has 88 valence electrons. The first-order valence-electron chi connectivity index (χ1n) is 5.50. The maximum atomic E-state index is 11.9. The molecule has 1 rings (SSSR count). The first-order chi connectivity index (χ1) is 6.97. The third-order valence-electron chi connectivity index (χ3n) is 2.89. The minimum atomic E-state index is -0.0860. The van der Waals surface area contributed by atoms with Gasteiger partial charge in [-0.3, -0.25) is 4.79 Å². The third kappa shape index (κ3) is 3.18. The molecule has 1 aliphatic rings. The van der Waals surface area contributed by atoms with E-state index in [1.165, 1.54) is 0 Å². The monoisotopic (exact) mass is 214 g/mol. The van der Waals surface area contributed by atoms with Crippen LogP contribution in [0.5, 0.6) is 0 Å². The van der Waals surface area contributed by atoms with Crippen LogP contribution in [0.25, 0.3) is 0 Å². The number of carbonyl (C=O) groups is 1. The number of methoxy groups -OCH3 is 1. The standard InChI is InChI=1S/C11H22N2O2/c1-9-7-13(10(14)5-6-15-4)11(2,3)8-12-9/h9,12H,5-8H2,1-4H3. The summed E-state index contributed by atoms with van der Waals surface area (Å²) in [5.74, 6) is 0.190. The van der Waals surface area contributed by atoms with Crippen molar-refractivity contribution in [3.8, 4) is 0 Å². The smallest absolute Gasteiger partial charge is 0.225 e. The van der Waals surface area contributed by atoms with Gasteiger partial charge in [-0.15, -0.1) is 0 Å². The van der Waals surface area contributed by atoms with Gasteiger partial charge in [0.05, 0.1) is 13.0 Å². The van der Waals surface area contributed by atoms with Crippen LogP contribution in [-0.2, 0) is 9.53 Å². The van der Waals surface area contributed by atoms with Gasteiger partial charge in [-0.25, -0.2) is 0 Å². The van der Waals surface area contributed by atoms with Gasteiger partial charge in [-0.1, -0.05) is 0 Å². The summed E-state index contributed by atoms with van der Waals surface area (Å²) < 4.78 is 4.94. The van der Waals surface area contributed by atoms with E-state index in [2.05, 4.69) is 26.1 Å². The predicted molar refractivity (Wildman–Crippen MR) is 59.7 cm³/mol. The van der Waals surface area contributed by atoms with E-state index in [1.54, 1.807) is 7.11 Å². The van der Waals surface area contributed by atoms with E-state index in [0.717, 1.165) is 13.1 Å². The molecule has 0 aromatic carbocycles. The Balaban J connectivity index is 2.59. The Kier molecular flexibility index (Phi) is 4.11. The molecule has 1 atom stereocenters. The third-order valence-corrected chi connectivity index (χ3v) is 2.89. The second-order valence-corrected chi connectivity index (χ2v) is 4.84. The molecule has 15 heavy (non-hydrogen) atoms. The van der Waals surface area contributed by atoms with Crippen LogP contribution in [0, 0.1) is 0 Å². The summed E-state index contributed by atoms with van der Waals surface area (Å²) in [4.78, 5) is 13.9. The number of hydrogen-bond donors (Lipinski definition) is 1. The maximum Gasteiger partial charge on any atom is 0.225 e. The SMILES string of the molecule is COCCC(=O)N1CC(C)NCC1(C)C. The van der Waals surface area contributed by atoms with Gasteiger partial charge in [0.25, 0.3) is 0 Å². The van der Waals surface area contributed by atoms with Gasteiger partial charge in [-0.2, -0.15) is 0 Å². The first-order valence-corrected chi connectivity index (χ1v) is 5.50.